The molecule has 0 amide bonds. The predicted octanol–water partition coefficient (Wildman–Crippen LogP) is -0.159. The van der Waals surface area contributed by atoms with E-state index >= 15 is 0 Å². The van der Waals surface area contributed by atoms with Gasteiger partial charge >= 0.3 is 0 Å². The van der Waals surface area contributed by atoms with E-state index in [1.807, 2.05) is 30.3 Å². The minimum absolute atomic E-state index is 0.290. The van der Waals surface area contributed by atoms with Gasteiger partial charge in [0.2, 0.25) is 0 Å². The summed E-state index contributed by atoms with van der Waals surface area (Å²) in [7, 11) is 0. The Morgan fingerprint density at radius 1 is 1.07 bits per heavy atom. The molecule has 0 spiro atoms. The topological polar surface area (TPSA) is 69.9 Å². The molecule has 1 aromatic rings. The fourth-order valence-electron chi connectivity index (χ4n) is 1.82. The minimum atomic E-state index is -1.03. The van der Waals surface area contributed by atoms with E-state index in [-0.39, 0.29) is 6.61 Å². The van der Waals surface area contributed by atoms with Crippen molar-refractivity contribution in [1.82, 2.24) is 0 Å². The van der Waals surface area contributed by atoms with Gasteiger partial charge in [-0.25, -0.2) is 0 Å². The van der Waals surface area contributed by atoms with E-state index < -0.39 is 24.4 Å². The molecule has 4 unspecified atom stereocenters. The first-order chi connectivity index (χ1) is 7.24. The van der Waals surface area contributed by atoms with Crippen molar-refractivity contribution >= 4 is 0 Å². The second-order valence-corrected chi connectivity index (χ2v) is 3.67. The van der Waals surface area contributed by atoms with Gasteiger partial charge in [-0.15, -0.1) is 0 Å². The van der Waals surface area contributed by atoms with Gasteiger partial charge < -0.3 is 20.1 Å². The molecule has 0 bridgehead atoms. The van der Waals surface area contributed by atoms with Crippen LogP contribution in [0.4, 0.5) is 0 Å². The summed E-state index contributed by atoms with van der Waals surface area (Å²) >= 11 is 0. The highest BCUT2D eigenvalue weighted by Gasteiger charge is 2.42. The monoisotopic (exact) mass is 210 g/mol. The maximum Gasteiger partial charge on any atom is 0.113 e. The Labute approximate surface area is 87.7 Å². The maximum absolute atomic E-state index is 9.73. The van der Waals surface area contributed by atoms with Crippen LogP contribution in [0.25, 0.3) is 0 Å². The first-order valence-electron chi connectivity index (χ1n) is 4.91. The fraction of sp³-hybridized carbons (Fsp3) is 0.455. The summed E-state index contributed by atoms with van der Waals surface area (Å²) < 4.78 is 5.37. The van der Waals surface area contributed by atoms with Gasteiger partial charge in [0.1, 0.15) is 24.4 Å². The van der Waals surface area contributed by atoms with E-state index in [4.69, 9.17) is 9.84 Å². The van der Waals surface area contributed by atoms with Crippen LogP contribution < -0.4 is 0 Å². The maximum atomic E-state index is 9.73. The number of hydrogen-bond donors (Lipinski definition) is 3. The van der Waals surface area contributed by atoms with Crippen LogP contribution >= 0.6 is 0 Å². The standard InChI is InChI=1S/C11H14O4/c12-6-8-9(13)10(14)11(15-8)7-4-2-1-3-5-7/h1-5,8-14H,6H2. The van der Waals surface area contributed by atoms with Crippen molar-refractivity contribution < 1.29 is 20.1 Å². The Balaban J connectivity index is 2.19. The van der Waals surface area contributed by atoms with E-state index in [0.29, 0.717) is 0 Å². The summed E-state index contributed by atoms with van der Waals surface area (Å²) in [6, 6.07) is 9.18. The van der Waals surface area contributed by atoms with Crippen molar-refractivity contribution in [1.29, 1.82) is 0 Å². The van der Waals surface area contributed by atoms with E-state index in [2.05, 4.69) is 0 Å². The summed E-state index contributed by atoms with van der Waals surface area (Å²) in [6.45, 7) is -0.290. The molecule has 1 fully saturated rings. The third-order valence-corrected chi connectivity index (χ3v) is 2.67. The molecule has 0 aliphatic carbocycles. The van der Waals surface area contributed by atoms with Crippen LogP contribution in [-0.2, 0) is 4.74 Å². The van der Waals surface area contributed by atoms with E-state index in [1.165, 1.54) is 0 Å². The molecule has 1 aromatic carbocycles. The zero-order valence-electron chi connectivity index (χ0n) is 8.15. The van der Waals surface area contributed by atoms with Crippen molar-refractivity contribution in [2.24, 2.45) is 0 Å². The number of aliphatic hydroxyl groups excluding tert-OH is 3. The van der Waals surface area contributed by atoms with Crippen molar-refractivity contribution in [3.05, 3.63) is 35.9 Å². The van der Waals surface area contributed by atoms with Gasteiger partial charge in [0.25, 0.3) is 0 Å². The predicted molar refractivity (Wildman–Crippen MR) is 53.2 cm³/mol. The second-order valence-electron chi connectivity index (χ2n) is 3.67. The van der Waals surface area contributed by atoms with E-state index in [1.54, 1.807) is 0 Å². The average molecular weight is 210 g/mol. The van der Waals surface area contributed by atoms with Gasteiger partial charge in [-0.05, 0) is 5.56 Å². The molecule has 4 heteroatoms. The largest absolute Gasteiger partial charge is 0.394 e. The molecule has 3 N–H and O–H groups in total. The van der Waals surface area contributed by atoms with Gasteiger partial charge in [-0.3, -0.25) is 0 Å². The van der Waals surface area contributed by atoms with Gasteiger partial charge in [0, 0.05) is 0 Å². The summed E-state index contributed by atoms with van der Waals surface area (Å²) in [5.41, 5.74) is 0.806. The van der Waals surface area contributed by atoms with E-state index in [9.17, 15) is 10.2 Å². The molecule has 1 aliphatic heterocycles. The van der Waals surface area contributed by atoms with Crippen LogP contribution in [0.3, 0.4) is 0 Å². The second kappa shape index (κ2) is 4.28. The fourth-order valence-corrected chi connectivity index (χ4v) is 1.82. The molecule has 1 heterocycles. The van der Waals surface area contributed by atoms with Crippen molar-refractivity contribution in [2.75, 3.05) is 6.61 Å². The Morgan fingerprint density at radius 3 is 2.27 bits per heavy atom. The molecule has 15 heavy (non-hydrogen) atoms. The Kier molecular flexibility index (Phi) is 3.02. The number of ether oxygens (including phenoxy) is 1. The third-order valence-electron chi connectivity index (χ3n) is 2.67. The highest BCUT2D eigenvalue weighted by atomic mass is 16.6. The van der Waals surface area contributed by atoms with Crippen molar-refractivity contribution in [3.8, 4) is 0 Å². The lowest BCUT2D eigenvalue weighted by Crippen LogP contribution is -2.32. The lowest BCUT2D eigenvalue weighted by Gasteiger charge is -2.14. The summed E-state index contributed by atoms with van der Waals surface area (Å²) in [5, 5.41) is 28.2. The molecule has 2 rings (SSSR count). The van der Waals surface area contributed by atoms with Crippen molar-refractivity contribution in [2.45, 2.75) is 24.4 Å². The zero-order chi connectivity index (χ0) is 10.8. The quantitative estimate of drug-likeness (QED) is 0.634. The third kappa shape index (κ3) is 1.89. The molecular weight excluding hydrogens is 196 g/mol. The van der Waals surface area contributed by atoms with Crippen LogP contribution in [0.1, 0.15) is 11.7 Å². The number of aliphatic hydroxyl groups is 3. The van der Waals surface area contributed by atoms with E-state index in [0.717, 1.165) is 5.56 Å². The lowest BCUT2D eigenvalue weighted by molar-refractivity contribution is -0.0227. The molecule has 1 saturated heterocycles. The highest BCUT2D eigenvalue weighted by Crippen LogP contribution is 2.32. The molecule has 4 nitrogen and oxygen atoms in total. The molecule has 0 saturated carbocycles. The lowest BCUT2D eigenvalue weighted by atomic mass is 10.0. The van der Waals surface area contributed by atoms with Crippen LogP contribution in [-0.4, -0.2) is 40.2 Å². The van der Waals surface area contributed by atoms with Crippen LogP contribution in [0.5, 0.6) is 0 Å². The van der Waals surface area contributed by atoms with Gasteiger partial charge in [0.15, 0.2) is 0 Å². The van der Waals surface area contributed by atoms with Crippen LogP contribution in [0, 0.1) is 0 Å². The molecular formula is C11H14O4. The summed E-state index contributed by atoms with van der Waals surface area (Å²) in [4.78, 5) is 0. The Morgan fingerprint density at radius 2 is 1.73 bits per heavy atom. The van der Waals surface area contributed by atoms with Gasteiger partial charge in [-0.1, -0.05) is 30.3 Å². The van der Waals surface area contributed by atoms with Crippen LogP contribution in [0.2, 0.25) is 0 Å². The minimum Gasteiger partial charge on any atom is -0.394 e. The number of benzene rings is 1. The van der Waals surface area contributed by atoms with Gasteiger partial charge in [0.05, 0.1) is 6.61 Å². The van der Waals surface area contributed by atoms with Gasteiger partial charge in [-0.2, -0.15) is 0 Å². The number of rotatable bonds is 2. The average Bonchev–Trinajstić information content (AvgIpc) is 2.57. The zero-order valence-corrected chi connectivity index (χ0v) is 8.15. The van der Waals surface area contributed by atoms with Crippen LogP contribution in [0.15, 0.2) is 30.3 Å². The molecule has 4 atom stereocenters. The first-order valence-corrected chi connectivity index (χ1v) is 4.91. The summed E-state index contributed by atoms with van der Waals surface area (Å²) in [5.74, 6) is 0. The molecule has 0 aromatic heterocycles. The molecule has 0 radical (unpaired) electrons. The Hall–Kier alpha value is -0.940. The van der Waals surface area contributed by atoms with Crippen molar-refractivity contribution in [3.63, 3.8) is 0 Å². The first kappa shape index (κ1) is 10.6. The summed E-state index contributed by atoms with van der Waals surface area (Å²) in [6.07, 6.45) is -3.27. The SMILES string of the molecule is OCC1OC(c2ccccc2)C(O)C1O. The number of hydrogen-bond acceptors (Lipinski definition) is 4. The highest BCUT2D eigenvalue weighted by molar-refractivity contribution is 5.20. The Bertz CT molecular complexity index is 314. The molecule has 82 valence electrons. The molecule has 1 aliphatic rings. The normalized spacial score (nSPS) is 35.7. The smallest absolute Gasteiger partial charge is 0.113 e.